The largest absolute Gasteiger partial charge is 0.496 e. The molecule has 4 N–H and O–H groups in total. The summed E-state index contributed by atoms with van der Waals surface area (Å²) < 4.78 is 5.71. The molecule has 2 aromatic carbocycles. The summed E-state index contributed by atoms with van der Waals surface area (Å²) in [6.45, 7) is 0. The molecule has 0 heterocycles. The highest BCUT2D eigenvalue weighted by Gasteiger charge is 2.12. The highest BCUT2D eigenvalue weighted by atomic mass is 79.9. The second kappa shape index (κ2) is 11.8. The van der Waals surface area contributed by atoms with E-state index in [0.717, 1.165) is 0 Å². The first-order valence-corrected chi connectivity index (χ1v) is 10.6. The molecule has 0 aliphatic rings. The third-order valence-corrected chi connectivity index (χ3v) is 5.11. The number of hydrazine groups is 1. The minimum absolute atomic E-state index is 0.0918. The van der Waals surface area contributed by atoms with E-state index in [0.29, 0.717) is 26.5 Å². The molecular weight excluding hydrogens is 531 g/mol. The van der Waals surface area contributed by atoms with Crippen LogP contribution in [0.5, 0.6) is 5.75 Å². The van der Waals surface area contributed by atoms with Crippen LogP contribution in [0.1, 0.15) is 23.2 Å². The number of halogens is 3. The Balaban J connectivity index is 1.73. The highest BCUT2D eigenvalue weighted by molar-refractivity contribution is 9.10. The minimum atomic E-state index is -0.499. The van der Waals surface area contributed by atoms with Crippen LogP contribution in [-0.2, 0) is 9.59 Å². The zero-order valence-electron chi connectivity index (χ0n) is 16.1. The van der Waals surface area contributed by atoms with Gasteiger partial charge >= 0.3 is 0 Å². The Labute approximate surface area is 202 Å². The molecule has 164 valence electrons. The summed E-state index contributed by atoms with van der Waals surface area (Å²) in [6, 6.07) is 9.40. The maximum atomic E-state index is 12.2. The number of nitrogens with one attached hydrogen (secondary N) is 4. The molecule has 8 nitrogen and oxygen atoms in total. The number of thiocarbonyl (C=S) groups is 1. The number of ether oxygens (including phenoxy) is 1. The van der Waals surface area contributed by atoms with E-state index in [-0.39, 0.29) is 23.0 Å². The first kappa shape index (κ1) is 24.9. The summed E-state index contributed by atoms with van der Waals surface area (Å²) in [7, 11) is 1.51. The molecule has 0 aliphatic heterocycles. The standard InChI is InChI=1S/C19H17BrCl2N4O4S/c1-30-15-5-2-10(8-12(15)20)18(29)24-19(31)26-25-17(28)7-6-16(27)23-14-4-3-11(21)9-13(14)22/h2-5,8-9H,6-7H2,1H3,(H,23,27)(H,25,28)(H2,24,26,29,31). The summed E-state index contributed by atoms with van der Waals surface area (Å²) in [5, 5.41) is 5.64. The van der Waals surface area contributed by atoms with E-state index in [1.54, 1.807) is 30.3 Å². The van der Waals surface area contributed by atoms with Crippen LogP contribution < -0.4 is 26.2 Å². The van der Waals surface area contributed by atoms with Gasteiger partial charge in [-0.1, -0.05) is 23.2 Å². The maximum Gasteiger partial charge on any atom is 0.257 e. The van der Waals surface area contributed by atoms with E-state index < -0.39 is 17.7 Å². The van der Waals surface area contributed by atoms with Crippen LogP contribution in [-0.4, -0.2) is 29.9 Å². The van der Waals surface area contributed by atoms with Crippen molar-refractivity contribution in [2.75, 3.05) is 12.4 Å². The molecule has 0 saturated heterocycles. The van der Waals surface area contributed by atoms with Gasteiger partial charge in [0.15, 0.2) is 5.11 Å². The van der Waals surface area contributed by atoms with Crippen LogP contribution in [0.3, 0.4) is 0 Å². The third kappa shape index (κ3) is 7.98. The van der Waals surface area contributed by atoms with Crippen molar-refractivity contribution in [3.8, 4) is 5.75 Å². The van der Waals surface area contributed by atoms with Crippen molar-refractivity contribution in [3.05, 3.63) is 56.5 Å². The Morgan fingerprint density at radius 1 is 1.03 bits per heavy atom. The molecule has 0 atom stereocenters. The van der Waals surface area contributed by atoms with Crippen molar-refractivity contribution in [3.63, 3.8) is 0 Å². The summed E-state index contributed by atoms with van der Waals surface area (Å²) in [5.41, 5.74) is 5.44. The predicted molar refractivity (Wildman–Crippen MR) is 126 cm³/mol. The van der Waals surface area contributed by atoms with Crippen LogP contribution in [0.25, 0.3) is 0 Å². The molecule has 0 aromatic heterocycles. The Kier molecular flexibility index (Phi) is 9.50. The van der Waals surface area contributed by atoms with Gasteiger partial charge in [-0.05, 0) is 64.5 Å². The lowest BCUT2D eigenvalue weighted by Crippen LogP contribution is -2.48. The van der Waals surface area contributed by atoms with Crippen LogP contribution in [0.2, 0.25) is 10.0 Å². The summed E-state index contributed by atoms with van der Waals surface area (Å²) in [5.74, 6) is -0.803. The lowest BCUT2D eigenvalue weighted by Gasteiger charge is -2.12. The van der Waals surface area contributed by atoms with Crippen molar-refractivity contribution in [1.82, 2.24) is 16.2 Å². The lowest BCUT2D eigenvalue weighted by atomic mass is 10.2. The van der Waals surface area contributed by atoms with Gasteiger partial charge in [0.25, 0.3) is 5.91 Å². The van der Waals surface area contributed by atoms with Crippen LogP contribution in [0, 0.1) is 0 Å². The zero-order valence-corrected chi connectivity index (χ0v) is 20.0. The second-order valence-electron chi connectivity index (χ2n) is 5.98. The highest BCUT2D eigenvalue weighted by Crippen LogP contribution is 2.26. The molecule has 0 radical (unpaired) electrons. The van der Waals surface area contributed by atoms with Crippen LogP contribution in [0.15, 0.2) is 40.9 Å². The fourth-order valence-electron chi connectivity index (χ4n) is 2.23. The molecule has 31 heavy (non-hydrogen) atoms. The molecule has 0 fully saturated rings. The van der Waals surface area contributed by atoms with E-state index in [4.69, 9.17) is 40.2 Å². The van der Waals surface area contributed by atoms with Crippen LogP contribution >= 0.6 is 51.3 Å². The molecule has 0 saturated carbocycles. The number of hydrogen-bond acceptors (Lipinski definition) is 5. The van der Waals surface area contributed by atoms with Gasteiger partial charge in [0.2, 0.25) is 11.8 Å². The Morgan fingerprint density at radius 3 is 2.39 bits per heavy atom. The van der Waals surface area contributed by atoms with Gasteiger partial charge in [0.1, 0.15) is 5.75 Å². The summed E-state index contributed by atoms with van der Waals surface area (Å²) in [6.07, 6.45) is -0.211. The fraction of sp³-hybridized carbons (Fsp3) is 0.158. The normalized spacial score (nSPS) is 10.1. The number of methoxy groups -OCH3 is 1. The minimum Gasteiger partial charge on any atom is -0.496 e. The average molecular weight is 548 g/mol. The van der Waals surface area contributed by atoms with Gasteiger partial charge in [0, 0.05) is 23.4 Å². The molecule has 2 aromatic rings. The smallest absolute Gasteiger partial charge is 0.257 e. The number of amides is 3. The van der Waals surface area contributed by atoms with Crippen molar-refractivity contribution < 1.29 is 19.1 Å². The van der Waals surface area contributed by atoms with Gasteiger partial charge in [0.05, 0.1) is 22.3 Å². The summed E-state index contributed by atoms with van der Waals surface area (Å²) >= 11 is 20.1. The van der Waals surface area contributed by atoms with Crippen molar-refractivity contribution in [1.29, 1.82) is 0 Å². The maximum absolute atomic E-state index is 12.2. The monoisotopic (exact) mass is 546 g/mol. The average Bonchev–Trinajstić information content (AvgIpc) is 2.72. The van der Waals surface area contributed by atoms with E-state index >= 15 is 0 Å². The topological polar surface area (TPSA) is 109 Å². The molecule has 0 spiro atoms. The molecule has 3 amide bonds. The van der Waals surface area contributed by atoms with Gasteiger partial charge in [-0.3, -0.25) is 30.6 Å². The Hall–Kier alpha value is -2.40. The van der Waals surface area contributed by atoms with Crippen LogP contribution in [0.4, 0.5) is 5.69 Å². The zero-order chi connectivity index (χ0) is 23.0. The van der Waals surface area contributed by atoms with E-state index in [1.165, 1.54) is 13.2 Å². The van der Waals surface area contributed by atoms with Gasteiger partial charge in [-0.25, -0.2) is 0 Å². The molecule has 12 heteroatoms. The SMILES string of the molecule is COc1ccc(C(=O)NC(=S)NNC(=O)CCC(=O)Nc2ccc(Cl)cc2Cl)cc1Br. The molecule has 2 rings (SSSR count). The van der Waals surface area contributed by atoms with Gasteiger partial charge in [-0.15, -0.1) is 0 Å². The molecular formula is C19H17BrCl2N4O4S. The van der Waals surface area contributed by atoms with Crippen molar-refractivity contribution in [2.24, 2.45) is 0 Å². The van der Waals surface area contributed by atoms with Gasteiger partial charge in [-0.2, -0.15) is 0 Å². The summed E-state index contributed by atoms with van der Waals surface area (Å²) in [4.78, 5) is 36.1. The third-order valence-electron chi connectivity index (χ3n) is 3.74. The number of carbonyl (C=O) groups is 3. The first-order valence-electron chi connectivity index (χ1n) is 8.68. The Bertz CT molecular complexity index is 1020. The predicted octanol–water partition coefficient (Wildman–Crippen LogP) is 3.82. The first-order chi connectivity index (χ1) is 14.7. The number of carbonyl (C=O) groups excluding carboxylic acids is 3. The number of benzene rings is 2. The van der Waals surface area contributed by atoms with Crippen molar-refractivity contribution >= 4 is 79.9 Å². The second-order valence-corrected chi connectivity index (χ2v) is 8.08. The molecule has 0 aliphatic carbocycles. The van der Waals surface area contributed by atoms with Crippen molar-refractivity contribution in [2.45, 2.75) is 12.8 Å². The lowest BCUT2D eigenvalue weighted by molar-refractivity contribution is -0.124. The Morgan fingerprint density at radius 2 is 1.74 bits per heavy atom. The quantitative estimate of drug-likeness (QED) is 0.323. The fourth-order valence-corrected chi connectivity index (χ4v) is 3.37. The van der Waals surface area contributed by atoms with E-state index in [1.807, 2.05) is 0 Å². The number of rotatable bonds is 6. The molecule has 0 unspecified atom stereocenters. The van der Waals surface area contributed by atoms with E-state index in [9.17, 15) is 14.4 Å². The number of hydrogen-bond donors (Lipinski definition) is 4. The van der Waals surface area contributed by atoms with Gasteiger partial charge < -0.3 is 10.1 Å². The molecule has 0 bridgehead atoms. The van der Waals surface area contributed by atoms with E-state index in [2.05, 4.69) is 37.4 Å². The number of anilines is 1.